The van der Waals surface area contributed by atoms with Crippen LogP contribution in [0, 0.1) is 0 Å². The number of benzene rings is 1. The van der Waals surface area contributed by atoms with Gasteiger partial charge in [-0.25, -0.2) is 0 Å². The number of hydrogen-bond acceptors (Lipinski definition) is 3. The summed E-state index contributed by atoms with van der Waals surface area (Å²) in [5, 5.41) is 5.16. The van der Waals surface area contributed by atoms with Crippen molar-refractivity contribution < 1.29 is 0 Å². The summed E-state index contributed by atoms with van der Waals surface area (Å²) in [6.45, 7) is 3.03. The summed E-state index contributed by atoms with van der Waals surface area (Å²) >= 11 is 7.56. The summed E-state index contributed by atoms with van der Waals surface area (Å²) in [5.74, 6) is 0.940. The van der Waals surface area contributed by atoms with E-state index in [0.717, 1.165) is 22.5 Å². The number of aliphatic imine (C=N–C) groups is 1. The number of amidine groups is 1. The molecular formula is C11H14Cl2N2S. The zero-order valence-corrected chi connectivity index (χ0v) is 11.3. The maximum absolute atomic E-state index is 5.82. The maximum atomic E-state index is 5.82. The van der Waals surface area contributed by atoms with Crippen molar-refractivity contribution in [1.82, 2.24) is 5.32 Å². The molecule has 2 nitrogen and oxygen atoms in total. The van der Waals surface area contributed by atoms with Crippen molar-refractivity contribution in [3.8, 4) is 0 Å². The van der Waals surface area contributed by atoms with Crippen LogP contribution in [-0.4, -0.2) is 17.8 Å². The molecule has 0 saturated carbocycles. The Morgan fingerprint density at radius 3 is 2.69 bits per heavy atom. The van der Waals surface area contributed by atoms with Gasteiger partial charge in [0.25, 0.3) is 0 Å². The molecule has 0 spiro atoms. The Kier molecular flexibility index (Phi) is 5.46. The molecule has 0 aliphatic carbocycles. The van der Waals surface area contributed by atoms with Crippen molar-refractivity contribution in [2.75, 3.05) is 6.54 Å². The molecule has 5 heteroatoms. The maximum Gasteiger partial charge on any atom is 0.157 e. The number of rotatable bonds is 2. The lowest BCUT2D eigenvalue weighted by Crippen LogP contribution is -2.25. The second kappa shape index (κ2) is 6.38. The summed E-state index contributed by atoms with van der Waals surface area (Å²) < 4.78 is 0. The van der Waals surface area contributed by atoms with Crippen LogP contribution in [0.3, 0.4) is 0 Å². The third-order valence-corrected chi connectivity index (χ3v) is 3.42. The summed E-state index contributed by atoms with van der Waals surface area (Å²) in [7, 11) is 0. The van der Waals surface area contributed by atoms with E-state index in [-0.39, 0.29) is 12.4 Å². The molecule has 0 amide bonds. The number of thioether (sulfide) groups is 1. The van der Waals surface area contributed by atoms with E-state index >= 15 is 0 Å². The Morgan fingerprint density at radius 2 is 2.12 bits per heavy atom. The molecule has 1 aromatic carbocycles. The molecule has 0 saturated heterocycles. The predicted molar refractivity (Wildman–Crippen MR) is 74.9 cm³/mol. The van der Waals surface area contributed by atoms with Crippen LogP contribution in [0.4, 0.5) is 0 Å². The fourth-order valence-electron chi connectivity index (χ4n) is 1.34. The van der Waals surface area contributed by atoms with Gasteiger partial charge in [0.1, 0.15) is 0 Å². The molecule has 0 bridgehead atoms. The molecule has 0 fully saturated rings. The normalized spacial score (nSPS) is 18.6. The largest absolute Gasteiger partial charge is 0.361 e. The Morgan fingerprint density at radius 1 is 1.44 bits per heavy atom. The summed E-state index contributed by atoms with van der Waals surface area (Å²) in [6.07, 6.45) is 0. The lowest BCUT2D eigenvalue weighted by molar-refractivity contribution is 0.728. The van der Waals surface area contributed by atoms with Crippen LogP contribution in [0.1, 0.15) is 12.5 Å². The van der Waals surface area contributed by atoms with E-state index < -0.39 is 0 Å². The standard InChI is InChI=1S/C11H13ClN2S.ClH/c1-8-6-13-11(14-8)15-7-9-2-4-10(12)5-3-9;/h2-5,8H,6-7H2,1H3,(H,13,14);1H. The first kappa shape index (κ1) is 13.7. The fraction of sp³-hybridized carbons (Fsp3) is 0.364. The van der Waals surface area contributed by atoms with Crippen LogP contribution >= 0.6 is 35.8 Å². The predicted octanol–water partition coefficient (Wildman–Crippen LogP) is 3.34. The minimum Gasteiger partial charge on any atom is -0.361 e. The summed E-state index contributed by atoms with van der Waals surface area (Å²) in [6, 6.07) is 8.42. The molecule has 1 aromatic rings. The third kappa shape index (κ3) is 3.89. The Hall–Kier alpha value is -0.380. The quantitative estimate of drug-likeness (QED) is 0.896. The van der Waals surface area contributed by atoms with Crippen molar-refractivity contribution in [2.45, 2.75) is 18.7 Å². The van der Waals surface area contributed by atoms with E-state index in [2.05, 4.69) is 17.2 Å². The highest BCUT2D eigenvalue weighted by atomic mass is 35.5. The highest BCUT2D eigenvalue weighted by molar-refractivity contribution is 8.13. The zero-order valence-electron chi connectivity index (χ0n) is 8.94. The molecule has 1 unspecified atom stereocenters. The van der Waals surface area contributed by atoms with Crippen molar-refractivity contribution in [2.24, 2.45) is 4.99 Å². The lowest BCUT2D eigenvalue weighted by atomic mass is 10.2. The van der Waals surface area contributed by atoms with Gasteiger partial charge in [-0.15, -0.1) is 12.4 Å². The topological polar surface area (TPSA) is 24.4 Å². The molecule has 1 aliphatic heterocycles. The van der Waals surface area contributed by atoms with Crippen molar-refractivity contribution in [3.63, 3.8) is 0 Å². The number of halogens is 2. The molecule has 1 N–H and O–H groups in total. The second-order valence-electron chi connectivity index (χ2n) is 3.61. The van der Waals surface area contributed by atoms with Gasteiger partial charge < -0.3 is 5.32 Å². The first-order chi connectivity index (χ1) is 7.24. The van der Waals surface area contributed by atoms with Crippen LogP contribution in [0.25, 0.3) is 0 Å². The van der Waals surface area contributed by atoms with Gasteiger partial charge in [-0.2, -0.15) is 0 Å². The van der Waals surface area contributed by atoms with Gasteiger partial charge in [0.05, 0.1) is 6.54 Å². The summed E-state index contributed by atoms with van der Waals surface area (Å²) in [4.78, 5) is 4.39. The first-order valence-corrected chi connectivity index (χ1v) is 6.28. The van der Waals surface area contributed by atoms with Crippen LogP contribution in [-0.2, 0) is 5.75 Å². The van der Waals surface area contributed by atoms with Gasteiger partial charge in [0, 0.05) is 16.8 Å². The monoisotopic (exact) mass is 276 g/mol. The smallest absolute Gasteiger partial charge is 0.157 e. The fourth-order valence-corrected chi connectivity index (χ4v) is 2.41. The van der Waals surface area contributed by atoms with Gasteiger partial charge in [-0.3, -0.25) is 4.99 Å². The Balaban J connectivity index is 0.00000128. The zero-order chi connectivity index (χ0) is 10.7. The SMILES string of the molecule is CC1CN=C(SCc2ccc(Cl)cc2)N1.Cl. The molecular weight excluding hydrogens is 263 g/mol. The van der Waals surface area contributed by atoms with E-state index in [1.54, 1.807) is 11.8 Å². The van der Waals surface area contributed by atoms with Crippen molar-refractivity contribution in [3.05, 3.63) is 34.9 Å². The van der Waals surface area contributed by atoms with E-state index in [0.29, 0.717) is 6.04 Å². The van der Waals surface area contributed by atoms with Crippen LogP contribution in [0.15, 0.2) is 29.3 Å². The molecule has 1 heterocycles. The molecule has 2 rings (SSSR count). The highest BCUT2D eigenvalue weighted by Crippen LogP contribution is 2.17. The van der Waals surface area contributed by atoms with E-state index in [1.807, 2.05) is 24.3 Å². The minimum absolute atomic E-state index is 0. The number of nitrogens with one attached hydrogen (secondary N) is 1. The number of nitrogens with zero attached hydrogens (tertiary/aromatic N) is 1. The van der Waals surface area contributed by atoms with E-state index in [4.69, 9.17) is 11.6 Å². The molecule has 0 aromatic heterocycles. The van der Waals surface area contributed by atoms with Gasteiger partial charge in [-0.1, -0.05) is 35.5 Å². The third-order valence-electron chi connectivity index (χ3n) is 2.17. The van der Waals surface area contributed by atoms with Crippen molar-refractivity contribution >= 4 is 40.9 Å². The molecule has 16 heavy (non-hydrogen) atoms. The average Bonchev–Trinajstić information content (AvgIpc) is 2.64. The number of hydrogen-bond donors (Lipinski definition) is 1. The molecule has 1 atom stereocenters. The second-order valence-corrected chi connectivity index (χ2v) is 5.01. The van der Waals surface area contributed by atoms with E-state index in [1.165, 1.54) is 5.56 Å². The van der Waals surface area contributed by atoms with Crippen LogP contribution < -0.4 is 5.32 Å². The van der Waals surface area contributed by atoms with Gasteiger partial charge in [0.15, 0.2) is 5.17 Å². The van der Waals surface area contributed by atoms with Crippen LogP contribution in [0.5, 0.6) is 0 Å². The van der Waals surface area contributed by atoms with E-state index in [9.17, 15) is 0 Å². The van der Waals surface area contributed by atoms with Crippen molar-refractivity contribution in [1.29, 1.82) is 0 Å². The Bertz CT molecular complexity index is 365. The lowest BCUT2D eigenvalue weighted by Gasteiger charge is -2.05. The summed E-state index contributed by atoms with van der Waals surface area (Å²) in [5.41, 5.74) is 1.27. The highest BCUT2D eigenvalue weighted by Gasteiger charge is 2.12. The first-order valence-electron chi connectivity index (χ1n) is 4.92. The molecule has 1 aliphatic rings. The Labute approximate surface area is 111 Å². The average molecular weight is 277 g/mol. The van der Waals surface area contributed by atoms with Gasteiger partial charge >= 0.3 is 0 Å². The van der Waals surface area contributed by atoms with Gasteiger partial charge in [0.2, 0.25) is 0 Å². The molecule has 88 valence electrons. The van der Waals surface area contributed by atoms with Crippen LogP contribution in [0.2, 0.25) is 5.02 Å². The van der Waals surface area contributed by atoms with Gasteiger partial charge in [-0.05, 0) is 24.6 Å². The molecule has 0 radical (unpaired) electrons. The minimum atomic E-state index is 0.